The molecule has 0 aliphatic carbocycles. The number of tetrazole rings is 1. The lowest BCUT2D eigenvalue weighted by atomic mass is 10.1. The molecule has 4 aromatic rings. The lowest BCUT2D eigenvalue weighted by Crippen LogP contribution is -2.12. The first-order valence-corrected chi connectivity index (χ1v) is 9.60. The molecule has 146 valence electrons. The van der Waals surface area contributed by atoms with Crippen molar-refractivity contribution in [3.05, 3.63) is 101 Å². The molecule has 0 aliphatic heterocycles. The molecular weight excluding hydrogens is 362 g/mol. The van der Waals surface area contributed by atoms with Crippen LogP contribution in [0.3, 0.4) is 0 Å². The highest BCUT2D eigenvalue weighted by Crippen LogP contribution is 2.16. The Morgan fingerprint density at radius 1 is 0.759 bits per heavy atom. The van der Waals surface area contributed by atoms with E-state index in [1.165, 1.54) is 11.1 Å². The lowest BCUT2D eigenvalue weighted by Gasteiger charge is -2.06. The summed E-state index contributed by atoms with van der Waals surface area (Å²) in [6, 6.07) is 26.3. The van der Waals surface area contributed by atoms with Crippen LogP contribution < -0.4 is 5.32 Å². The van der Waals surface area contributed by atoms with Crippen LogP contribution >= 0.6 is 0 Å². The number of benzene rings is 3. The van der Waals surface area contributed by atoms with Crippen LogP contribution in [-0.4, -0.2) is 25.3 Å². The van der Waals surface area contributed by atoms with Crippen LogP contribution in [0.5, 0.6) is 0 Å². The topological polar surface area (TPSA) is 75.9 Å². The Morgan fingerprint density at radius 2 is 1.48 bits per heavy atom. The van der Waals surface area contributed by atoms with Gasteiger partial charge in [0.05, 0.1) is 13.2 Å². The van der Waals surface area contributed by atoms with Crippen molar-refractivity contribution >= 4 is 0 Å². The van der Waals surface area contributed by atoms with E-state index in [0.29, 0.717) is 12.4 Å². The van der Waals surface area contributed by atoms with Crippen LogP contribution in [0.1, 0.15) is 22.3 Å². The number of nitrogens with one attached hydrogen (secondary N) is 1. The van der Waals surface area contributed by atoms with Gasteiger partial charge in [-0.25, -0.2) is 0 Å². The number of aromatic nitrogens is 4. The fourth-order valence-electron chi connectivity index (χ4n) is 3.11. The molecule has 0 bridgehead atoms. The van der Waals surface area contributed by atoms with E-state index in [2.05, 4.69) is 45.0 Å². The third-order valence-corrected chi connectivity index (χ3v) is 4.67. The van der Waals surface area contributed by atoms with E-state index >= 15 is 0 Å². The van der Waals surface area contributed by atoms with E-state index in [4.69, 9.17) is 5.11 Å². The van der Waals surface area contributed by atoms with Crippen molar-refractivity contribution in [1.29, 1.82) is 0 Å². The molecule has 0 atom stereocenters. The van der Waals surface area contributed by atoms with Gasteiger partial charge >= 0.3 is 0 Å². The van der Waals surface area contributed by atoms with E-state index in [1.54, 1.807) is 4.80 Å². The molecule has 0 saturated carbocycles. The van der Waals surface area contributed by atoms with Gasteiger partial charge in [-0.2, -0.15) is 4.80 Å². The number of hydrogen-bond donors (Lipinski definition) is 2. The summed E-state index contributed by atoms with van der Waals surface area (Å²) in [5, 5.41) is 25.5. The second-order valence-electron chi connectivity index (χ2n) is 6.91. The molecule has 3 aromatic carbocycles. The minimum absolute atomic E-state index is 0.0442. The summed E-state index contributed by atoms with van der Waals surface area (Å²) >= 11 is 0. The zero-order valence-corrected chi connectivity index (χ0v) is 16.1. The molecule has 6 nitrogen and oxygen atoms in total. The van der Waals surface area contributed by atoms with Crippen molar-refractivity contribution in [2.24, 2.45) is 0 Å². The highest BCUT2D eigenvalue weighted by atomic mass is 16.3. The highest BCUT2D eigenvalue weighted by molar-refractivity contribution is 5.55. The second kappa shape index (κ2) is 9.23. The Balaban J connectivity index is 1.39. The van der Waals surface area contributed by atoms with Gasteiger partial charge in [0.25, 0.3) is 0 Å². The monoisotopic (exact) mass is 385 g/mol. The maximum Gasteiger partial charge on any atom is 0.204 e. The molecule has 0 spiro atoms. The first-order chi connectivity index (χ1) is 14.3. The van der Waals surface area contributed by atoms with E-state index in [9.17, 15) is 0 Å². The van der Waals surface area contributed by atoms with Gasteiger partial charge in [0.15, 0.2) is 0 Å². The lowest BCUT2D eigenvalue weighted by molar-refractivity contribution is 0.282. The average Bonchev–Trinajstić information content (AvgIpc) is 3.24. The average molecular weight is 385 g/mol. The smallest absolute Gasteiger partial charge is 0.204 e. The summed E-state index contributed by atoms with van der Waals surface area (Å²) in [5.41, 5.74) is 5.34. The predicted octanol–water partition coefficient (Wildman–Crippen LogP) is 3.17. The zero-order valence-electron chi connectivity index (χ0n) is 16.1. The molecule has 0 amide bonds. The van der Waals surface area contributed by atoms with Crippen LogP contribution in [-0.2, 0) is 26.2 Å². The van der Waals surface area contributed by atoms with Crippen LogP contribution in [0.4, 0.5) is 0 Å². The van der Waals surface area contributed by atoms with Crippen molar-refractivity contribution in [3.8, 4) is 11.4 Å². The van der Waals surface area contributed by atoms with Crippen molar-refractivity contribution < 1.29 is 5.11 Å². The Bertz CT molecular complexity index is 1040. The standard InChI is InChI=1S/C23H23N5O/c29-17-20-11-9-19(10-12-20)16-28-26-23(25-27-28)22-8-4-7-21(13-22)15-24-14-18-5-2-1-3-6-18/h1-13,24,29H,14-17H2. The first kappa shape index (κ1) is 19.0. The van der Waals surface area contributed by atoms with Crippen LogP contribution in [0.2, 0.25) is 0 Å². The highest BCUT2D eigenvalue weighted by Gasteiger charge is 2.07. The predicted molar refractivity (Wildman–Crippen MR) is 112 cm³/mol. The van der Waals surface area contributed by atoms with Gasteiger partial charge in [-0.3, -0.25) is 0 Å². The summed E-state index contributed by atoms with van der Waals surface area (Å²) in [6.07, 6.45) is 0. The molecule has 2 N–H and O–H groups in total. The summed E-state index contributed by atoms with van der Waals surface area (Å²) < 4.78 is 0. The molecule has 0 saturated heterocycles. The van der Waals surface area contributed by atoms with Crippen molar-refractivity contribution in [1.82, 2.24) is 25.5 Å². The molecule has 0 aliphatic rings. The van der Waals surface area contributed by atoms with Crippen molar-refractivity contribution in [3.63, 3.8) is 0 Å². The number of hydrogen-bond acceptors (Lipinski definition) is 5. The van der Waals surface area contributed by atoms with Crippen molar-refractivity contribution in [2.75, 3.05) is 0 Å². The summed E-state index contributed by atoms with van der Waals surface area (Å²) in [4.78, 5) is 1.59. The van der Waals surface area contributed by atoms with E-state index in [1.807, 2.05) is 54.6 Å². The zero-order chi connectivity index (χ0) is 19.9. The normalized spacial score (nSPS) is 10.9. The van der Waals surface area contributed by atoms with Crippen LogP contribution in [0.25, 0.3) is 11.4 Å². The molecule has 0 fully saturated rings. The van der Waals surface area contributed by atoms with Crippen LogP contribution in [0, 0.1) is 0 Å². The molecule has 29 heavy (non-hydrogen) atoms. The van der Waals surface area contributed by atoms with Gasteiger partial charge in [-0.05, 0) is 33.5 Å². The second-order valence-corrected chi connectivity index (χ2v) is 6.91. The summed E-state index contributed by atoms with van der Waals surface area (Å²) in [5.74, 6) is 0.613. The molecule has 1 aromatic heterocycles. The number of nitrogens with zero attached hydrogens (tertiary/aromatic N) is 4. The number of aliphatic hydroxyl groups is 1. The van der Waals surface area contributed by atoms with Gasteiger partial charge in [-0.15, -0.1) is 10.2 Å². The van der Waals surface area contributed by atoms with Gasteiger partial charge in [0.1, 0.15) is 0 Å². The maximum atomic E-state index is 9.14. The van der Waals surface area contributed by atoms with E-state index in [-0.39, 0.29) is 6.61 Å². The molecule has 1 heterocycles. The van der Waals surface area contributed by atoms with Gasteiger partial charge in [0, 0.05) is 18.7 Å². The van der Waals surface area contributed by atoms with Crippen LogP contribution in [0.15, 0.2) is 78.9 Å². The third-order valence-electron chi connectivity index (χ3n) is 4.67. The summed E-state index contributed by atoms with van der Waals surface area (Å²) in [7, 11) is 0. The fourth-order valence-corrected chi connectivity index (χ4v) is 3.11. The first-order valence-electron chi connectivity index (χ1n) is 9.60. The minimum Gasteiger partial charge on any atom is -0.392 e. The van der Waals surface area contributed by atoms with Gasteiger partial charge < -0.3 is 10.4 Å². The molecule has 0 unspecified atom stereocenters. The Morgan fingerprint density at radius 3 is 2.28 bits per heavy atom. The minimum atomic E-state index is 0.0442. The fraction of sp³-hybridized carbons (Fsp3) is 0.174. The molecular formula is C23H23N5O. The molecule has 6 heteroatoms. The number of aliphatic hydroxyl groups excluding tert-OH is 1. The quantitative estimate of drug-likeness (QED) is 0.487. The van der Waals surface area contributed by atoms with Crippen molar-refractivity contribution in [2.45, 2.75) is 26.2 Å². The third kappa shape index (κ3) is 5.13. The largest absolute Gasteiger partial charge is 0.392 e. The number of rotatable bonds is 8. The SMILES string of the molecule is OCc1ccc(Cn2nnc(-c3cccc(CNCc4ccccc4)c3)n2)cc1. The van der Waals surface area contributed by atoms with E-state index in [0.717, 1.165) is 29.8 Å². The maximum absolute atomic E-state index is 9.14. The van der Waals surface area contributed by atoms with E-state index < -0.39 is 0 Å². The molecule has 4 rings (SSSR count). The van der Waals surface area contributed by atoms with Gasteiger partial charge in [0.2, 0.25) is 5.82 Å². The molecule has 0 radical (unpaired) electrons. The Hall–Kier alpha value is -3.35. The van der Waals surface area contributed by atoms with Gasteiger partial charge in [-0.1, -0.05) is 72.8 Å². The Labute approximate surface area is 169 Å². The summed E-state index contributed by atoms with van der Waals surface area (Å²) in [6.45, 7) is 2.18. The Kier molecular flexibility index (Phi) is 6.04.